The van der Waals surface area contributed by atoms with Crippen LogP contribution in [0.15, 0.2) is 42.5 Å². The predicted octanol–water partition coefficient (Wildman–Crippen LogP) is 2.07. The van der Waals surface area contributed by atoms with Gasteiger partial charge in [-0.15, -0.1) is 0 Å². The van der Waals surface area contributed by atoms with Crippen LogP contribution in [0.5, 0.6) is 11.5 Å². The molecule has 0 unspecified atom stereocenters. The standard InChI is InChI=1S/C22H15NO5.W/c1-2-13-8-5-9-15-10-16-20(23(26)27)18(12-25)17(11-24)19(14-6-3-4-7-14)22(16)28-21(13)15;/h3-9,14H,2,10H2,1H3;. The molecule has 0 N–H and O–H groups in total. The molecule has 29 heavy (non-hydrogen) atoms. The number of ether oxygens (including phenoxy) is 1. The van der Waals surface area contributed by atoms with E-state index >= 15 is 0 Å². The van der Waals surface area contributed by atoms with Gasteiger partial charge in [0.1, 0.15) is 23.4 Å². The number of aryl methyl sites for hydroxylation is 1. The number of hydrogen-bond acceptors (Lipinski definition) is 5. The zero-order valence-electron chi connectivity index (χ0n) is 15.4. The Kier molecular flexibility index (Phi) is 5.81. The minimum atomic E-state index is -0.651. The van der Waals surface area contributed by atoms with E-state index in [1.165, 1.54) is 0 Å². The van der Waals surface area contributed by atoms with Gasteiger partial charge in [-0.25, -0.2) is 9.59 Å². The third-order valence-corrected chi connectivity index (χ3v) is 5.16. The third-order valence-electron chi connectivity index (χ3n) is 5.16. The van der Waals surface area contributed by atoms with Crippen LogP contribution in [0.25, 0.3) is 0 Å². The Balaban J connectivity index is 0.00000240. The molecule has 1 heterocycles. The van der Waals surface area contributed by atoms with Crippen LogP contribution in [0.3, 0.4) is 0 Å². The van der Waals surface area contributed by atoms with Crippen molar-refractivity contribution >= 4 is 17.6 Å². The van der Waals surface area contributed by atoms with E-state index in [1.54, 1.807) is 11.9 Å². The van der Waals surface area contributed by atoms with Gasteiger partial charge >= 0.3 is 0 Å². The summed E-state index contributed by atoms with van der Waals surface area (Å²) >= 11 is 0. The fraction of sp³-hybridized carbons (Fsp3) is 0.182. The Labute approximate surface area is 180 Å². The number of benzene rings is 2. The quantitative estimate of drug-likeness (QED) is 0.364. The van der Waals surface area contributed by atoms with Crippen LogP contribution < -0.4 is 15.2 Å². The molecule has 0 spiro atoms. The summed E-state index contributed by atoms with van der Waals surface area (Å²) in [5.41, 5.74) is 2.03. The Morgan fingerprint density at radius 2 is 1.83 bits per heavy atom. The predicted molar refractivity (Wildman–Crippen MR) is 102 cm³/mol. The van der Waals surface area contributed by atoms with Gasteiger partial charge in [-0.05, 0) is 17.5 Å². The first-order chi connectivity index (χ1) is 13.6. The fourth-order valence-corrected chi connectivity index (χ4v) is 3.90. The van der Waals surface area contributed by atoms with Crippen LogP contribution in [0.1, 0.15) is 35.1 Å². The molecule has 0 atom stereocenters. The maximum Gasteiger partial charge on any atom is 0.296 e. The largest absolute Gasteiger partial charge is 0.456 e. The monoisotopic (exact) mass is 557 g/mol. The second-order valence-electron chi connectivity index (χ2n) is 6.61. The van der Waals surface area contributed by atoms with Crippen molar-refractivity contribution in [2.45, 2.75) is 25.7 Å². The van der Waals surface area contributed by atoms with E-state index in [0.717, 1.165) is 17.5 Å². The summed E-state index contributed by atoms with van der Waals surface area (Å²) in [6.07, 6.45) is 8.25. The van der Waals surface area contributed by atoms with Gasteiger partial charge in [0.05, 0.1) is 15.7 Å². The minimum Gasteiger partial charge on any atom is -0.456 e. The molecule has 1 aliphatic heterocycles. The molecule has 144 valence electrons. The number of fused-ring (bicyclic) bond motifs is 2. The maximum atomic E-state index is 11.8. The summed E-state index contributed by atoms with van der Waals surface area (Å²) < 4.78 is 6.19. The number of hydrogen-bond donors (Lipinski definition) is 0. The Hall–Kier alpha value is -3.03. The fourth-order valence-electron chi connectivity index (χ4n) is 3.90. The molecule has 2 aliphatic rings. The van der Waals surface area contributed by atoms with E-state index in [4.69, 9.17) is 4.74 Å². The summed E-state index contributed by atoms with van der Waals surface area (Å²) in [5.74, 6) is 3.90. The molecule has 0 amide bonds. The van der Waals surface area contributed by atoms with Gasteiger partial charge in [0.2, 0.25) is 0 Å². The van der Waals surface area contributed by atoms with Crippen LogP contribution in [0.4, 0.5) is 5.69 Å². The topological polar surface area (TPSA) is 86.5 Å². The maximum absolute atomic E-state index is 11.8. The zero-order chi connectivity index (χ0) is 19.8. The molecule has 4 rings (SSSR count). The smallest absolute Gasteiger partial charge is 0.296 e. The van der Waals surface area contributed by atoms with E-state index in [0.29, 0.717) is 11.3 Å². The van der Waals surface area contributed by atoms with Crippen molar-refractivity contribution in [3.8, 4) is 11.5 Å². The van der Waals surface area contributed by atoms with Crippen molar-refractivity contribution in [2.24, 2.45) is 0 Å². The number of nitro groups is 1. The Morgan fingerprint density at radius 1 is 1.14 bits per heavy atom. The molecular formula is C22H15NO5W. The summed E-state index contributed by atoms with van der Waals surface area (Å²) in [4.78, 5) is 34.5. The first kappa shape index (κ1) is 20.7. The number of nitro benzene ring substituents is 1. The van der Waals surface area contributed by atoms with E-state index in [-0.39, 0.29) is 55.2 Å². The summed E-state index contributed by atoms with van der Waals surface area (Å²) in [7, 11) is 0. The van der Waals surface area contributed by atoms with E-state index in [9.17, 15) is 19.7 Å². The zero-order valence-corrected chi connectivity index (χ0v) is 18.4. The Morgan fingerprint density at radius 3 is 2.41 bits per heavy atom. The molecule has 2 aromatic rings. The van der Waals surface area contributed by atoms with Gasteiger partial charge in [-0.3, -0.25) is 10.1 Å². The van der Waals surface area contributed by atoms with Crippen molar-refractivity contribution in [2.75, 3.05) is 0 Å². The van der Waals surface area contributed by atoms with E-state index in [2.05, 4.69) is 0 Å². The first-order valence-corrected chi connectivity index (χ1v) is 8.87. The molecule has 7 heteroatoms. The van der Waals surface area contributed by atoms with Gasteiger partial charge in [0.25, 0.3) is 5.69 Å². The van der Waals surface area contributed by atoms with Crippen LogP contribution in [0.2, 0.25) is 0 Å². The van der Waals surface area contributed by atoms with Crippen molar-refractivity contribution in [3.63, 3.8) is 0 Å². The molecule has 0 fully saturated rings. The number of rotatable bonds is 3. The average Bonchev–Trinajstić information content (AvgIpc) is 3.23. The SMILES string of the molecule is CCc1cccc2c1Oc1c(c([N+](=O)[O-])c(=C=O)c(=C=O)c1C1C=CC=C1)C2.[W]. The van der Waals surface area contributed by atoms with Crippen LogP contribution >= 0.6 is 0 Å². The summed E-state index contributed by atoms with van der Waals surface area (Å²) in [6, 6.07) is 5.66. The van der Waals surface area contributed by atoms with E-state index < -0.39 is 10.6 Å². The number of allylic oxidation sites excluding steroid dienone is 4. The minimum absolute atomic E-state index is 0. The molecule has 0 saturated heterocycles. The van der Waals surface area contributed by atoms with Crippen molar-refractivity contribution in [1.29, 1.82) is 0 Å². The number of carbonyl (C=O) groups excluding carboxylic acids is 2. The molecule has 0 radical (unpaired) electrons. The number of nitrogens with zero attached hydrogens (tertiary/aromatic N) is 1. The second kappa shape index (κ2) is 8.14. The van der Waals surface area contributed by atoms with Crippen LogP contribution in [0, 0.1) is 10.1 Å². The summed E-state index contributed by atoms with van der Waals surface area (Å²) in [6.45, 7) is 2.00. The molecule has 2 aromatic carbocycles. The normalized spacial score (nSPS) is 13.6. The number of para-hydroxylation sites is 1. The van der Waals surface area contributed by atoms with Crippen molar-refractivity contribution in [3.05, 3.63) is 85.3 Å². The van der Waals surface area contributed by atoms with Gasteiger partial charge in [-0.1, -0.05) is 49.4 Å². The Bertz CT molecular complexity index is 1240. The average molecular weight is 557 g/mol. The van der Waals surface area contributed by atoms with Crippen LogP contribution in [-0.4, -0.2) is 16.8 Å². The third kappa shape index (κ3) is 3.22. The van der Waals surface area contributed by atoms with Gasteiger partial charge in [-0.2, -0.15) is 0 Å². The summed E-state index contributed by atoms with van der Waals surface area (Å²) in [5, 5.41) is 11.3. The van der Waals surface area contributed by atoms with Gasteiger partial charge in [0.15, 0.2) is 5.22 Å². The second-order valence-corrected chi connectivity index (χ2v) is 6.61. The van der Waals surface area contributed by atoms with Crippen molar-refractivity contribution < 1.29 is 40.3 Å². The van der Waals surface area contributed by atoms with E-state index in [1.807, 2.05) is 49.4 Å². The van der Waals surface area contributed by atoms with Gasteiger partial charge < -0.3 is 4.74 Å². The van der Waals surface area contributed by atoms with Crippen molar-refractivity contribution in [1.82, 2.24) is 0 Å². The molecular weight excluding hydrogens is 542 g/mol. The molecule has 0 aromatic heterocycles. The van der Waals surface area contributed by atoms with Crippen LogP contribution in [-0.2, 0) is 43.5 Å². The molecule has 6 nitrogen and oxygen atoms in total. The van der Waals surface area contributed by atoms with Gasteiger partial charge in [0, 0.05) is 39.0 Å². The molecule has 1 aliphatic carbocycles. The molecule has 0 saturated carbocycles. The molecule has 0 bridgehead atoms. The first-order valence-electron chi connectivity index (χ1n) is 8.87.